The zero-order chi connectivity index (χ0) is 15.1. The molecule has 3 N–H and O–H groups in total. The fourth-order valence-electron chi connectivity index (χ4n) is 2.64. The summed E-state index contributed by atoms with van der Waals surface area (Å²) in [7, 11) is 0. The van der Waals surface area contributed by atoms with E-state index >= 15 is 0 Å². The molecule has 0 aromatic carbocycles. The van der Waals surface area contributed by atoms with Gasteiger partial charge in [-0.05, 0) is 31.1 Å². The highest BCUT2D eigenvalue weighted by Crippen LogP contribution is 2.17. The van der Waals surface area contributed by atoms with Gasteiger partial charge in [-0.25, -0.2) is 4.79 Å². The van der Waals surface area contributed by atoms with Gasteiger partial charge in [-0.3, -0.25) is 4.79 Å². The average Bonchev–Trinajstić information content (AvgIpc) is 2.85. The summed E-state index contributed by atoms with van der Waals surface area (Å²) in [6.45, 7) is 5.67. The van der Waals surface area contributed by atoms with Gasteiger partial charge < -0.3 is 20.4 Å². The van der Waals surface area contributed by atoms with Crippen LogP contribution in [-0.4, -0.2) is 53.4 Å². The lowest BCUT2D eigenvalue weighted by Gasteiger charge is -2.22. The number of carbonyl (C=O) groups excluding carboxylic acids is 1. The number of nitrogens with zero attached hydrogens (tertiary/aromatic N) is 1. The normalized spacial score (nSPS) is 20.2. The first kappa shape index (κ1) is 16.8. The second-order valence-corrected chi connectivity index (χ2v) is 5.96. The van der Waals surface area contributed by atoms with Gasteiger partial charge in [-0.2, -0.15) is 0 Å². The van der Waals surface area contributed by atoms with Gasteiger partial charge in [-0.15, -0.1) is 0 Å². The van der Waals surface area contributed by atoms with Crippen LogP contribution in [0.2, 0.25) is 0 Å². The second-order valence-electron chi connectivity index (χ2n) is 5.96. The van der Waals surface area contributed by atoms with E-state index in [-0.39, 0.29) is 25.1 Å². The van der Waals surface area contributed by atoms with Crippen molar-refractivity contribution in [2.45, 2.75) is 33.1 Å². The van der Waals surface area contributed by atoms with Crippen LogP contribution in [0, 0.1) is 17.8 Å². The van der Waals surface area contributed by atoms with Crippen molar-refractivity contribution >= 4 is 12.0 Å². The monoisotopic (exact) mass is 286 g/mol. The highest BCUT2D eigenvalue weighted by atomic mass is 16.4. The molecule has 1 aliphatic rings. The van der Waals surface area contributed by atoms with E-state index in [0.717, 1.165) is 6.42 Å². The maximum absolute atomic E-state index is 12.0. The van der Waals surface area contributed by atoms with Crippen molar-refractivity contribution in [2.75, 3.05) is 26.2 Å². The Morgan fingerprint density at radius 1 is 1.40 bits per heavy atom. The fourth-order valence-corrected chi connectivity index (χ4v) is 2.64. The summed E-state index contributed by atoms with van der Waals surface area (Å²) in [6.07, 6.45) is 2.16. The molecule has 1 heterocycles. The Balaban J connectivity index is 2.36. The van der Waals surface area contributed by atoms with Gasteiger partial charge in [0.2, 0.25) is 0 Å². The quantitative estimate of drug-likeness (QED) is 0.655. The predicted octanol–water partition coefficient (Wildman–Crippen LogP) is 1.15. The molecule has 1 fully saturated rings. The Labute approximate surface area is 120 Å². The van der Waals surface area contributed by atoms with E-state index in [0.29, 0.717) is 31.8 Å². The minimum absolute atomic E-state index is 0.123. The maximum Gasteiger partial charge on any atom is 0.317 e. The van der Waals surface area contributed by atoms with Crippen LogP contribution in [0.15, 0.2) is 0 Å². The van der Waals surface area contributed by atoms with Crippen molar-refractivity contribution in [3.8, 4) is 0 Å². The summed E-state index contributed by atoms with van der Waals surface area (Å²) in [6, 6.07) is -0.194. The van der Waals surface area contributed by atoms with Gasteiger partial charge in [0.1, 0.15) is 0 Å². The third kappa shape index (κ3) is 5.36. The van der Waals surface area contributed by atoms with Crippen LogP contribution in [0.4, 0.5) is 4.79 Å². The molecule has 1 saturated heterocycles. The molecule has 0 aliphatic carbocycles. The number of hydrogen-bond acceptors (Lipinski definition) is 3. The third-order valence-electron chi connectivity index (χ3n) is 3.71. The van der Waals surface area contributed by atoms with Crippen molar-refractivity contribution in [2.24, 2.45) is 17.8 Å². The number of nitrogens with one attached hydrogen (secondary N) is 1. The lowest BCUT2D eigenvalue weighted by atomic mass is 9.94. The fraction of sp³-hybridized carbons (Fsp3) is 0.857. The molecule has 0 aromatic heterocycles. The number of aliphatic carboxylic acids is 1. The molecule has 0 spiro atoms. The van der Waals surface area contributed by atoms with Crippen molar-refractivity contribution in [3.05, 3.63) is 0 Å². The van der Waals surface area contributed by atoms with Crippen LogP contribution < -0.4 is 5.32 Å². The minimum atomic E-state index is -0.835. The first-order valence-electron chi connectivity index (χ1n) is 7.30. The number of aliphatic hydroxyl groups excluding tert-OH is 1. The molecule has 6 heteroatoms. The topological polar surface area (TPSA) is 89.9 Å². The number of urea groups is 1. The number of likely N-dealkylation sites (tertiary alicyclic amines) is 1. The predicted molar refractivity (Wildman–Crippen MR) is 75.4 cm³/mol. The number of carboxylic acid groups (broad SMARTS) is 1. The van der Waals surface area contributed by atoms with Crippen LogP contribution in [0.3, 0.4) is 0 Å². The van der Waals surface area contributed by atoms with Gasteiger partial charge in [0.15, 0.2) is 0 Å². The zero-order valence-corrected chi connectivity index (χ0v) is 12.3. The number of carbonyl (C=O) groups is 2. The molecule has 6 nitrogen and oxygen atoms in total. The Morgan fingerprint density at radius 2 is 2.10 bits per heavy atom. The molecule has 0 radical (unpaired) electrons. The summed E-state index contributed by atoms with van der Waals surface area (Å²) >= 11 is 0. The molecule has 0 saturated carbocycles. The SMILES string of the molecule is CC(C)CC(CCO)CNC(=O)N1CCC(C(=O)O)C1. The first-order valence-corrected chi connectivity index (χ1v) is 7.30. The van der Waals surface area contributed by atoms with E-state index in [1.165, 1.54) is 0 Å². The lowest BCUT2D eigenvalue weighted by molar-refractivity contribution is -0.141. The summed E-state index contributed by atoms with van der Waals surface area (Å²) < 4.78 is 0. The van der Waals surface area contributed by atoms with E-state index in [1.54, 1.807) is 4.90 Å². The minimum Gasteiger partial charge on any atom is -0.481 e. The highest BCUT2D eigenvalue weighted by molar-refractivity contribution is 5.77. The number of hydrogen-bond donors (Lipinski definition) is 3. The summed E-state index contributed by atoms with van der Waals surface area (Å²) in [5.74, 6) is -0.489. The van der Waals surface area contributed by atoms with Crippen LogP contribution in [0.25, 0.3) is 0 Å². The van der Waals surface area contributed by atoms with Crippen molar-refractivity contribution in [3.63, 3.8) is 0 Å². The van der Waals surface area contributed by atoms with E-state index in [4.69, 9.17) is 10.2 Å². The van der Waals surface area contributed by atoms with Crippen LogP contribution in [0.5, 0.6) is 0 Å². The third-order valence-corrected chi connectivity index (χ3v) is 3.71. The van der Waals surface area contributed by atoms with E-state index < -0.39 is 11.9 Å². The summed E-state index contributed by atoms with van der Waals surface area (Å²) in [5.41, 5.74) is 0. The van der Waals surface area contributed by atoms with Gasteiger partial charge in [0, 0.05) is 26.2 Å². The van der Waals surface area contributed by atoms with E-state index in [2.05, 4.69) is 19.2 Å². The first-order chi connectivity index (χ1) is 9.43. The molecule has 1 aliphatic heterocycles. The molecule has 2 atom stereocenters. The molecule has 20 heavy (non-hydrogen) atoms. The number of carboxylic acids is 1. The number of rotatable bonds is 7. The summed E-state index contributed by atoms with van der Waals surface area (Å²) in [5, 5.41) is 20.8. The van der Waals surface area contributed by atoms with Crippen LogP contribution in [-0.2, 0) is 4.79 Å². The molecule has 2 unspecified atom stereocenters. The van der Waals surface area contributed by atoms with Gasteiger partial charge in [0.05, 0.1) is 5.92 Å². The maximum atomic E-state index is 12.0. The van der Waals surface area contributed by atoms with E-state index in [1.807, 2.05) is 0 Å². The van der Waals surface area contributed by atoms with Crippen molar-refractivity contribution < 1.29 is 19.8 Å². The standard InChI is InChI=1S/C14H26N2O4/c1-10(2)7-11(4-6-17)8-15-14(20)16-5-3-12(9-16)13(18)19/h10-12,17H,3-9H2,1-2H3,(H,15,20)(H,18,19). The lowest BCUT2D eigenvalue weighted by Crippen LogP contribution is -2.41. The Kier molecular flexibility index (Phi) is 6.78. The highest BCUT2D eigenvalue weighted by Gasteiger charge is 2.30. The molecular formula is C14H26N2O4. The van der Waals surface area contributed by atoms with Crippen LogP contribution in [0.1, 0.15) is 33.1 Å². The molecule has 0 aromatic rings. The molecular weight excluding hydrogens is 260 g/mol. The van der Waals surface area contributed by atoms with Gasteiger partial charge in [0.25, 0.3) is 0 Å². The average molecular weight is 286 g/mol. The van der Waals surface area contributed by atoms with Crippen molar-refractivity contribution in [1.82, 2.24) is 10.2 Å². The number of amides is 2. The molecule has 0 bridgehead atoms. The van der Waals surface area contributed by atoms with E-state index in [9.17, 15) is 9.59 Å². The van der Waals surface area contributed by atoms with Gasteiger partial charge in [-0.1, -0.05) is 13.8 Å². The van der Waals surface area contributed by atoms with Crippen molar-refractivity contribution in [1.29, 1.82) is 0 Å². The molecule has 2 amide bonds. The molecule has 116 valence electrons. The largest absolute Gasteiger partial charge is 0.481 e. The zero-order valence-electron chi connectivity index (χ0n) is 12.3. The summed E-state index contributed by atoms with van der Waals surface area (Å²) in [4.78, 5) is 24.4. The Bertz CT molecular complexity index is 333. The second kappa shape index (κ2) is 8.09. The molecule has 1 rings (SSSR count). The number of aliphatic hydroxyl groups is 1. The Morgan fingerprint density at radius 3 is 2.60 bits per heavy atom. The van der Waals surface area contributed by atoms with Gasteiger partial charge >= 0.3 is 12.0 Å². The smallest absolute Gasteiger partial charge is 0.317 e. The Hall–Kier alpha value is -1.30. The van der Waals surface area contributed by atoms with Crippen LogP contribution >= 0.6 is 0 Å².